The molecule has 2 aliphatic rings. The molecule has 0 aromatic heterocycles. The van der Waals surface area contributed by atoms with Crippen LogP contribution in [0.1, 0.15) is 50.0 Å². The largest absolute Gasteiger partial charge is 0.0622 e. The van der Waals surface area contributed by atoms with E-state index in [1.807, 2.05) is 0 Å². The third-order valence-electron chi connectivity index (χ3n) is 4.51. The van der Waals surface area contributed by atoms with Crippen LogP contribution in [-0.2, 0) is 0 Å². The van der Waals surface area contributed by atoms with Crippen molar-refractivity contribution in [2.75, 3.05) is 0 Å². The van der Waals surface area contributed by atoms with Crippen LogP contribution in [-0.4, -0.2) is 0 Å². The number of fused-ring (bicyclic) bond motifs is 1. The topological polar surface area (TPSA) is 0 Å². The van der Waals surface area contributed by atoms with Gasteiger partial charge in [0.15, 0.2) is 0 Å². The van der Waals surface area contributed by atoms with Gasteiger partial charge in [0.05, 0.1) is 0 Å². The highest BCUT2D eigenvalue weighted by molar-refractivity contribution is 5.21. The molecule has 2 aliphatic carbocycles. The highest BCUT2D eigenvalue weighted by Gasteiger charge is 2.35. The SMILES string of the molecule is c1ccc(C2CC3CCCCC3C2)cc1. The highest BCUT2D eigenvalue weighted by Crippen LogP contribution is 2.48. The molecule has 0 heteroatoms. The molecule has 1 aromatic carbocycles. The Kier molecular flexibility index (Phi) is 2.52. The molecule has 0 radical (unpaired) electrons. The van der Waals surface area contributed by atoms with E-state index in [0.29, 0.717) is 0 Å². The predicted molar refractivity (Wildman–Crippen MR) is 63.9 cm³/mol. The molecule has 0 nitrogen and oxygen atoms in total. The summed E-state index contributed by atoms with van der Waals surface area (Å²) in [6.07, 6.45) is 8.93. The van der Waals surface area contributed by atoms with Crippen LogP contribution in [0.15, 0.2) is 30.3 Å². The first-order valence-electron chi connectivity index (χ1n) is 6.48. The first-order valence-corrected chi connectivity index (χ1v) is 6.48. The molecule has 15 heavy (non-hydrogen) atoms. The van der Waals surface area contributed by atoms with Crippen LogP contribution >= 0.6 is 0 Å². The average Bonchev–Trinajstić information content (AvgIpc) is 2.74. The molecule has 2 unspecified atom stereocenters. The van der Waals surface area contributed by atoms with Gasteiger partial charge in [-0.05, 0) is 36.2 Å². The fourth-order valence-corrected chi connectivity index (χ4v) is 3.73. The van der Waals surface area contributed by atoms with Gasteiger partial charge in [-0.2, -0.15) is 0 Å². The number of hydrogen-bond acceptors (Lipinski definition) is 0. The van der Waals surface area contributed by atoms with Crippen molar-refractivity contribution >= 4 is 0 Å². The molecular weight excluding hydrogens is 180 g/mol. The van der Waals surface area contributed by atoms with Gasteiger partial charge in [0.25, 0.3) is 0 Å². The van der Waals surface area contributed by atoms with Gasteiger partial charge in [-0.25, -0.2) is 0 Å². The Morgan fingerprint density at radius 2 is 1.40 bits per heavy atom. The first-order chi connectivity index (χ1) is 7.43. The van der Waals surface area contributed by atoms with E-state index in [2.05, 4.69) is 30.3 Å². The third kappa shape index (κ3) is 1.82. The Balaban J connectivity index is 1.75. The molecule has 0 spiro atoms. The maximum absolute atomic E-state index is 2.32. The zero-order chi connectivity index (χ0) is 10.1. The second-order valence-corrected chi connectivity index (χ2v) is 5.38. The van der Waals surface area contributed by atoms with Crippen molar-refractivity contribution in [3.05, 3.63) is 35.9 Å². The van der Waals surface area contributed by atoms with E-state index in [0.717, 1.165) is 17.8 Å². The fraction of sp³-hybridized carbons (Fsp3) is 0.600. The smallest absolute Gasteiger partial charge is 0.0156 e. The minimum absolute atomic E-state index is 0.874. The lowest BCUT2D eigenvalue weighted by Gasteiger charge is -2.24. The van der Waals surface area contributed by atoms with Gasteiger partial charge >= 0.3 is 0 Å². The maximum Gasteiger partial charge on any atom is -0.0156 e. The lowest BCUT2D eigenvalue weighted by Crippen LogP contribution is -2.12. The molecule has 3 rings (SSSR count). The summed E-state index contributed by atoms with van der Waals surface area (Å²) in [7, 11) is 0. The zero-order valence-corrected chi connectivity index (χ0v) is 9.36. The summed E-state index contributed by atoms with van der Waals surface area (Å²) in [6.45, 7) is 0. The molecule has 0 saturated heterocycles. The molecule has 0 amide bonds. The van der Waals surface area contributed by atoms with Crippen LogP contribution in [0.4, 0.5) is 0 Å². The van der Waals surface area contributed by atoms with Gasteiger partial charge in [0.2, 0.25) is 0 Å². The molecule has 80 valence electrons. The van der Waals surface area contributed by atoms with Gasteiger partial charge in [0.1, 0.15) is 0 Å². The van der Waals surface area contributed by atoms with Gasteiger partial charge in [-0.15, -0.1) is 0 Å². The Hall–Kier alpha value is -0.780. The van der Waals surface area contributed by atoms with Crippen molar-refractivity contribution in [2.24, 2.45) is 11.8 Å². The Morgan fingerprint density at radius 3 is 2.00 bits per heavy atom. The summed E-state index contributed by atoms with van der Waals surface area (Å²) < 4.78 is 0. The van der Waals surface area contributed by atoms with Crippen molar-refractivity contribution in [1.29, 1.82) is 0 Å². The van der Waals surface area contributed by atoms with E-state index in [-0.39, 0.29) is 0 Å². The molecule has 0 aliphatic heterocycles. The summed E-state index contributed by atoms with van der Waals surface area (Å²) in [5.74, 6) is 2.99. The monoisotopic (exact) mass is 200 g/mol. The van der Waals surface area contributed by atoms with Crippen molar-refractivity contribution < 1.29 is 0 Å². The normalized spacial score (nSPS) is 35.1. The average molecular weight is 200 g/mol. The minimum atomic E-state index is 0.874. The molecule has 2 fully saturated rings. The summed E-state index contributed by atoms with van der Waals surface area (Å²) >= 11 is 0. The van der Waals surface area contributed by atoms with E-state index < -0.39 is 0 Å². The summed E-state index contributed by atoms with van der Waals surface area (Å²) in [6, 6.07) is 11.2. The minimum Gasteiger partial charge on any atom is -0.0622 e. The van der Waals surface area contributed by atoms with Crippen molar-refractivity contribution in [3.8, 4) is 0 Å². The summed E-state index contributed by atoms with van der Waals surface area (Å²) in [5, 5.41) is 0. The molecule has 1 aromatic rings. The van der Waals surface area contributed by atoms with E-state index >= 15 is 0 Å². The van der Waals surface area contributed by atoms with E-state index in [9.17, 15) is 0 Å². The standard InChI is InChI=1S/C15H20/c1-2-6-12(7-3-1)15-10-13-8-4-5-9-14(13)11-15/h1-3,6-7,13-15H,4-5,8-11H2. The Bertz CT molecular complexity index is 300. The van der Waals surface area contributed by atoms with Crippen molar-refractivity contribution in [2.45, 2.75) is 44.4 Å². The summed E-state index contributed by atoms with van der Waals surface area (Å²) in [4.78, 5) is 0. The van der Waals surface area contributed by atoms with Gasteiger partial charge in [-0.1, -0.05) is 56.0 Å². The second kappa shape index (κ2) is 4.00. The Morgan fingerprint density at radius 1 is 0.800 bits per heavy atom. The molecular formula is C15H20. The van der Waals surface area contributed by atoms with Crippen LogP contribution in [0.25, 0.3) is 0 Å². The summed E-state index contributed by atoms with van der Waals surface area (Å²) in [5.41, 5.74) is 1.59. The third-order valence-corrected chi connectivity index (χ3v) is 4.51. The number of hydrogen-bond donors (Lipinski definition) is 0. The maximum atomic E-state index is 2.32. The van der Waals surface area contributed by atoms with Crippen LogP contribution in [0.5, 0.6) is 0 Å². The van der Waals surface area contributed by atoms with Crippen LogP contribution < -0.4 is 0 Å². The van der Waals surface area contributed by atoms with E-state index in [1.54, 1.807) is 5.56 Å². The van der Waals surface area contributed by atoms with Crippen LogP contribution in [0.2, 0.25) is 0 Å². The quantitative estimate of drug-likeness (QED) is 0.631. The van der Waals surface area contributed by atoms with Gasteiger partial charge < -0.3 is 0 Å². The fourth-order valence-electron chi connectivity index (χ4n) is 3.73. The highest BCUT2D eigenvalue weighted by atomic mass is 14.4. The lowest BCUT2D eigenvalue weighted by molar-refractivity contribution is 0.277. The van der Waals surface area contributed by atoms with Crippen molar-refractivity contribution in [3.63, 3.8) is 0 Å². The Labute approximate surface area is 92.7 Å². The van der Waals surface area contributed by atoms with E-state index in [1.165, 1.54) is 38.5 Å². The molecule has 2 atom stereocenters. The number of benzene rings is 1. The zero-order valence-electron chi connectivity index (χ0n) is 9.36. The lowest BCUT2D eigenvalue weighted by atomic mass is 9.82. The molecule has 2 saturated carbocycles. The predicted octanol–water partition coefficient (Wildman–Crippen LogP) is 4.37. The molecule has 0 bridgehead atoms. The second-order valence-electron chi connectivity index (χ2n) is 5.38. The number of rotatable bonds is 1. The van der Waals surface area contributed by atoms with Crippen LogP contribution in [0.3, 0.4) is 0 Å². The van der Waals surface area contributed by atoms with Crippen molar-refractivity contribution in [1.82, 2.24) is 0 Å². The molecule has 0 heterocycles. The molecule has 0 N–H and O–H groups in total. The van der Waals surface area contributed by atoms with Gasteiger partial charge in [0, 0.05) is 0 Å². The van der Waals surface area contributed by atoms with Crippen LogP contribution in [0, 0.1) is 11.8 Å². The van der Waals surface area contributed by atoms with E-state index in [4.69, 9.17) is 0 Å². The van der Waals surface area contributed by atoms with Gasteiger partial charge in [-0.3, -0.25) is 0 Å². The first kappa shape index (κ1) is 9.45.